The molecular formula is C20H29IN6O2. The highest BCUT2D eigenvalue weighted by Gasteiger charge is 2.27. The van der Waals surface area contributed by atoms with Crippen molar-refractivity contribution in [2.24, 2.45) is 12.0 Å². The van der Waals surface area contributed by atoms with E-state index in [4.69, 9.17) is 4.74 Å². The smallest absolute Gasteiger partial charge is 0.246 e. The molecule has 8 nitrogen and oxygen atoms in total. The fourth-order valence-electron chi connectivity index (χ4n) is 3.35. The average Bonchev–Trinajstić information content (AvgIpc) is 3.07. The van der Waals surface area contributed by atoms with Crippen molar-refractivity contribution >= 4 is 41.5 Å². The van der Waals surface area contributed by atoms with Gasteiger partial charge in [0.15, 0.2) is 5.96 Å². The predicted molar refractivity (Wildman–Crippen MR) is 125 cm³/mol. The second-order valence-electron chi connectivity index (χ2n) is 6.99. The zero-order valence-corrected chi connectivity index (χ0v) is 19.7. The van der Waals surface area contributed by atoms with Crippen LogP contribution in [0.4, 0.5) is 5.69 Å². The lowest BCUT2D eigenvalue weighted by atomic mass is 10.1. The topological polar surface area (TPSA) is 75.0 Å². The number of anilines is 1. The van der Waals surface area contributed by atoms with E-state index in [1.165, 1.54) is 11.1 Å². The van der Waals surface area contributed by atoms with Gasteiger partial charge in [-0.25, -0.2) is 0 Å². The summed E-state index contributed by atoms with van der Waals surface area (Å²) in [4.78, 5) is 20.6. The number of aryl methyl sites for hydroxylation is 3. The Bertz CT molecular complexity index is 846. The third-order valence-electron chi connectivity index (χ3n) is 4.58. The van der Waals surface area contributed by atoms with Crippen molar-refractivity contribution in [2.45, 2.75) is 13.8 Å². The van der Waals surface area contributed by atoms with Crippen LogP contribution in [0.25, 0.3) is 0 Å². The molecule has 1 N–H and O–H groups in total. The van der Waals surface area contributed by atoms with Crippen LogP contribution in [-0.4, -0.2) is 66.4 Å². The number of piperazine rings is 1. The van der Waals surface area contributed by atoms with E-state index in [0.717, 1.165) is 11.4 Å². The fourth-order valence-corrected chi connectivity index (χ4v) is 3.35. The van der Waals surface area contributed by atoms with E-state index in [0.29, 0.717) is 32.2 Å². The first kappa shape index (κ1) is 23.0. The lowest BCUT2D eigenvalue weighted by Crippen LogP contribution is -2.55. The molecule has 0 aliphatic carbocycles. The molecule has 0 spiro atoms. The van der Waals surface area contributed by atoms with Gasteiger partial charge < -0.3 is 19.9 Å². The zero-order chi connectivity index (χ0) is 20.1. The van der Waals surface area contributed by atoms with Gasteiger partial charge in [-0.1, -0.05) is 6.07 Å². The molecule has 29 heavy (non-hydrogen) atoms. The molecule has 1 aromatic heterocycles. The average molecular weight is 512 g/mol. The zero-order valence-electron chi connectivity index (χ0n) is 17.4. The molecule has 0 saturated carbocycles. The number of ether oxygens (including phenoxy) is 1. The summed E-state index contributed by atoms with van der Waals surface area (Å²) in [6.07, 6.45) is 3.57. The van der Waals surface area contributed by atoms with Crippen molar-refractivity contribution in [3.63, 3.8) is 0 Å². The minimum Gasteiger partial charge on any atom is -0.492 e. The van der Waals surface area contributed by atoms with Crippen LogP contribution in [0.1, 0.15) is 11.1 Å². The standard InChI is InChI=1S/C20H28N6O2.HI/c1-15-9-16(2)11-18(10-15)28-8-5-22-20(21-3)25-6-7-26(19(27)14-25)17-12-23-24(4)13-17;/h9-13H,5-8,14H2,1-4H3,(H,21,22);1H. The number of aliphatic imine (C=N–C) groups is 1. The number of halogens is 1. The van der Waals surface area contributed by atoms with Crippen LogP contribution in [0.5, 0.6) is 5.75 Å². The highest BCUT2D eigenvalue weighted by atomic mass is 127. The SMILES string of the molecule is CN=C(NCCOc1cc(C)cc(C)c1)N1CCN(c2cnn(C)c2)C(=O)C1.I. The summed E-state index contributed by atoms with van der Waals surface area (Å²) in [5, 5.41) is 7.42. The molecule has 1 aromatic carbocycles. The molecule has 1 aliphatic heterocycles. The molecule has 0 unspecified atom stereocenters. The minimum absolute atomic E-state index is 0. The first-order valence-corrected chi connectivity index (χ1v) is 9.42. The Balaban J connectivity index is 0.00000300. The number of carbonyl (C=O) groups is 1. The van der Waals surface area contributed by atoms with Gasteiger partial charge in [0.25, 0.3) is 0 Å². The third kappa shape index (κ3) is 6.09. The number of rotatable bonds is 5. The monoisotopic (exact) mass is 512 g/mol. The number of carbonyl (C=O) groups excluding carboxylic acids is 1. The normalized spacial score (nSPS) is 14.6. The number of nitrogens with one attached hydrogen (secondary N) is 1. The van der Waals surface area contributed by atoms with Crippen molar-refractivity contribution in [1.82, 2.24) is 20.0 Å². The molecular weight excluding hydrogens is 483 g/mol. The third-order valence-corrected chi connectivity index (χ3v) is 4.58. The maximum atomic E-state index is 12.6. The van der Waals surface area contributed by atoms with Gasteiger partial charge in [0.1, 0.15) is 18.9 Å². The summed E-state index contributed by atoms with van der Waals surface area (Å²) in [5.74, 6) is 1.62. The second kappa shape index (κ2) is 10.5. The number of amides is 1. The van der Waals surface area contributed by atoms with Crippen LogP contribution in [-0.2, 0) is 11.8 Å². The molecule has 0 bridgehead atoms. The van der Waals surface area contributed by atoms with Crippen LogP contribution in [0, 0.1) is 13.8 Å². The van der Waals surface area contributed by atoms with Crippen molar-refractivity contribution in [2.75, 3.05) is 44.7 Å². The molecule has 0 atom stereocenters. The van der Waals surface area contributed by atoms with E-state index in [1.54, 1.807) is 22.8 Å². The maximum Gasteiger partial charge on any atom is 0.246 e. The summed E-state index contributed by atoms with van der Waals surface area (Å²) < 4.78 is 7.53. The Morgan fingerprint density at radius 1 is 1.24 bits per heavy atom. The highest BCUT2D eigenvalue weighted by molar-refractivity contribution is 14.0. The van der Waals surface area contributed by atoms with Crippen LogP contribution < -0.4 is 15.0 Å². The molecule has 1 saturated heterocycles. The van der Waals surface area contributed by atoms with Gasteiger partial charge in [-0.3, -0.25) is 14.5 Å². The first-order valence-electron chi connectivity index (χ1n) is 9.42. The Labute approximate surface area is 188 Å². The van der Waals surface area contributed by atoms with Gasteiger partial charge in [0.05, 0.1) is 18.4 Å². The second-order valence-corrected chi connectivity index (χ2v) is 6.99. The molecule has 2 aromatic rings. The van der Waals surface area contributed by atoms with Crippen molar-refractivity contribution in [1.29, 1.82) is 0 Å². The Morgan fingerprint density at radius 2 is 1.97 bits per heavy atom. The fraction of sp³-hybridized carbons (Fsp3) is 0.450. The van der Waals surface area contributed by atoms with Crippen LogP contribution in [0.15, 0.2) is 35.6 Å². The Morgan fingerprint density at radius 3 is 2.55 bits per heavy atom. The summed E-state index contributed by atoms with van der Waals surface area (Å²) in [5.41, 5.74) is 3.20. The van der Waals surface area contributed by atoms with Gasteiger partial charge in [-0.2, -0.15) is 5.10 Å². The summed E-state index contributed by atoms with van der Waals surface area (Å²) in [6.45, 7) is 6.83. The van der Waals surface area contributed by atoms with Gasteiger partial charge >= 0.3 is 0 Å². The van der Waals surface area contributed by atoms with Crippen LogP contribution >= 0.6 is 24.0 Å². The molecule has 9 heteroatoms. The van der Waals surface area contributed by atoms with Gasteiger partial charge in [-0.15, -0.1) is 24.0 Å². The van der Waals surface area contributed by atoms with Crippen molar-refractivity contribution in [3.8, 4) is 5.75 Å². The quantitative estimate of drug-likeness (QED) is 0.287. The van der Waals surface area contributed by atoms with E-state index in [1.807, 2.05) is 30.3 Å². The van der Waals surface area contributed by atoms with E-state index in [2.05, 4.69) is 35.3 Å². The summed E-state index contributed by atoms with van der Waals surface area (Å²) >= 11 is 0. The number of benzene rings is 1. The summed E-state index contributed by atoms with van der Waals surface area (Å²) in [7, 11) is 3.57. The van der Waals surface area contributed by atoms with Crippen LogP contribution in [0.3, 0.4) is 0 Å². The molecule has 0 radical (unpaired) electrons. The lowest BCUT2D eigenvalue weighted by Gasteiger charge is -2.35. The Kier molecular flexibility index (Phi) is 8.30. The number of nitrogens with zero attached hydrogens (tertiary/aromatic N) is 5. The van der Waals surface area contributed by atoms with E-state index in [9.17, 15) is 4.79 Å². The lowest BCUT2D eigenvalue weighted by molar-refractivity contribution is -0.120. The van der Waals surface area contributed by atoms with E-state index < -0.39 is 0 Å². The van der Waals surface area contributed by atoms with E-state index >= 15 is 0 Å². The predicted octanol–water partition coefficient (Wildman–Crippen LogP) is 1.96. The highest BCUT2D eigenvalue weighted by Crippen LogP contribution is 2.17. The molecule has 1 aliphatic rings. The molecule has 1 fully saturated rings. The molecule has 158 valence electrons. The number of hydrogen-bond donors (Lipinski definition) is 1. The molecule has 1 amide bonds. The molecule has 3 rings (SSSR count). The summed E-state index contributed by atoms with van der Waals surface area (Å²) in [6, 6.07) is 6.17. The van der Waals surface area contributed by atoms with E-state index in [-0.39, 0.29) is 36.4 Å². The molecule has 2 heterocycles. The van der Waals surface area contributed by atoms with Gasteiger partial charge in [-0.05, 0) is 37.1 Å². The largest absolute Gasteiger partial charge is 0.492 e. The van der Waals surface area contributed by atoms with Gasteiger partial charge in [0.2, 0.25) is 5.91 Å². The maximum absolute atomic E-state index is 12.6. The number of aromatic nitrogens is 2. The van der Waals surface area contributed by atoms with Gasteiger partial charge in [0, 0.05) is 33.4 Å². The number of hydrogen-bond acceptors (Lipinski definition) is 4. The number of guanidine groups is 1. The first-order chi connectivity index (χ1) is 13.5. The van der Waals surface area contributed by atoms with Crippen LogP contribution in [0.2, 0.25) is 0 Å². The van der Waals surface area contributed by atoms with Crippen molar-refractivity contribution < 1.29 is 9.53 Å². The Hall–Kier alpha value is -2.30. The van der Waals surface area contributed by atoms with Crippen molar-refractivity contribution in [3.05, 3.63) is 41.7 Å². The minimum atomic E-state index is 0.